The number of rotatable bonds is 4. The molecule has 1 aromatic rings. The Morgan fingerprint density at radius 3 is 2.88 bits per heavy atom. The standard InChI is InChI=1S/C13H18BrNS/c14-13-4-3-11(16-13)5-6-15-12-8-9-1-2-10(12)7-9/h3-4,9-10,12,15H,1-2,5-8H2. The molecule has 0 saturated heterocycles. The van der Waals surface area contributed by atoms with Crippen molar-refractivity contribution in [2.45, 2.75) is 38.1 Å². The molecule has 1 nitrogen and oxygen atoms in total. The lowest BCUT2D eigenvalue weighted by molar-refractivity contribution is 0.354. The van der Waals surface area contributed by atoms with Crippen molar-refractivity contribution in [3.05, 3.63) is 20.8 Å². The lowest BCUT2D eigenvalue weighted by atomic mass is 9.95. The molecule has 2 aliphatic carbocycles. The molecule has 16 heavy (non-hydrogen) atoms. The Bertz CT molecular complexity index is 363. The zero-order chi connectivity index (χ0) is 11.0. The van der Waals surface area contributed by atoms with Crippen LogP contribution >= 0.6 is 27.3 Å². The Hall–Kier alpha value is 0.140. The summed E-state index contributed by atoms with van der Waals surface area (Å²) >= 11 is 5.38. The Balaban J connectivity index is 1.44. The first kappa shape index (κ1) is 11.2. The number of fused-ring (bicyclic) bond motifs is 2. The second-order valence-electron chi connectivity index (χ2n) is 5.19. The van der Waals surface area contributed by atoms with Gasteiger partial charge in [0.1, 0.15) is 0 Å². The number of nitrogens with one attached hydrogen (secondary N) is 1. The highest BCUT2D eigenvalue weighted by molar-refractivity contribution is 9.11. The minimum atomic E-state index is 0.835. The summed E-state index contributed by atoms with van der Waals surface area (Å²) in [6.07, 6.45) is 7.11. The smallest absolute Gasteiger partial charge is 0.0701 e. The zero-order valence-corrected chi connectivity index (χ0v) is 11.8. The van der Waals surface area contributed by atoms with E-state index >= 15 is 0 Å². The molecule has 0 aromatic carbocycles. The summed E-state index contributed by atoms with van der Waals surface area (Å²) in [4.78, 5) is 1.49. The predicted molar refractivity (Wildman–Crippen MR) is 73.0 cm³/mol. The van der Waals surface area contributed by atoms with Gasteiger partial charge in [-0.15, -0.1) is 11.3 Å². The maximum atomic E-state index is 3.76. The van der Waals surface area contributed by atoms with E-state index < -0.39 is 0 Å². The molecule has 2 saturated carbocycles. The number of hydrogen-bond acceptors (Lipinski definition) is 2. The van der Waals surface area contributed by atoms with Crippen molar-refractivity contribution in [1.29, 1.82) is 0 Å². The first-order valence-corrected chi connectivity index (χ1v) is 7.90. The summed E-state index contributed by atoms with van der Waals surface area (Å²) in [6.45, 7) is 1.15. The molecular weight excluding hydrogens is 282 g/mol. The molecular formula is C13H18BrNS. The second kappa shape index (κ2) is 4.79. The Labute approximate surface area is 110 Å². The van der Waals surface area contributed by atoms with E-state index in [-0.39, 0.29) is 0 Å². The van der Waals surface area contributed by atoms with E-state index in [0.717, 1.165) is 24.4 Å². The van der Waals surface area contributed by atoms with E-state index in [1.165, 1.54) is 40.8 Å². The molecule has 2 bridgehead atoms. The molecule has 3 heteroatoms. The third-order valence-corrected chi connectivity index (χ3v) is 5.83. The third-order valence-electron chi connectivity index (χ3n) is 4.14. The van der Waals surface area contributed by atoms with Gasteiger partial charge in [0.25, 0.3) is 0 Å². The van der Waals surface area contributed by atoms with Crippen LogP contribution in [-0.4, -0.2) is 12.6 Å². The van der Waals surface area contributed by atoms with Gasteiger partial charge in [0.2, 0.25) is 0 Å². The number of halogens is 1. The molecule has 0 amide bonds. The molecule has 1 heterocycles. The molecule has 0 radical (unpaired) electrons. The molecule has 3 unspecified atom stereocenters. The minimum Gasteiger partial charge on any atom is -0.313 e. The van der Waals surface area contributed by atoms with Crippen molar-refractivity contribution in [1.82, 2.24) is 5.32 Å². The highest BCUT2D eigenvalue weighted by Gasteiger charge is 2.38. The highest BCUT2D eigenvalue weighted by atomic mass is 79.9. The maximum Gasteiger partial charge on any atom is 0.0701 e. The monoisotopic (exact) mass is 299 g/mol. The van der Waals surface area contributed by atoms with E-state index in [2.05, 4.69) is 33.4 Å². The molecule has 3 rings (SSSR count). The minimum absolute atomic E-state index is 0.835. The van der Waals surface area contributed by atoms with Crippen molar-refractivity contribution in [2.24, 2.45) is 11.8 Å². The first-order valence-electron chi connectivity index (χ1n) is 6.29. The van der Waals surface area contributed by atoms with Crippen molar-refractivity contribution < 1.29 is 0 Å². The molecule has 1 aromatic heterocycles. The Morgan fingerprint density at radius 1 is 1.31 bits per heavy atom. The van der Waals surface area contributed by atoms with E-state index in [4.69, 9.17) is 0 Å². The van der Waals surface area contributed by atoms with Gasteiger partial charge < -0.3 is 5.32 Å². The van der Waals surface area contributed by atoms with Crippen LogP contribution in [0.15, 0.2) is 15.9 Å². The highest BCUT2D eigenvalue weighted by Crippen LogP contribution is 2.44. The number of thiophene rings is 1. The van der Waals surface area contributed by atoms with Gasteiger partial charge in [0.05, 0.1) is 3.79 Å². The van der Waals surface area contributed by atoms with Crippen molar-refractivity contribution >= 4 is 27.3 Å². The summed E-state index contributed by atoms with van der Waals surface area (Å²) in [6, 6.07) is 5.22. The van der Waals surface area contributed by atoms with Crippen LogP contribution in [0.2, 0.25) is 0 Å². The fraction of sp³-hybridized carbons (Fsp3) is 0.692. The van der Waals surface area contributed by atoms with Crippen molar-refractivity contribution in [2.75, 3.05) is 6.54 Å². The van der Waals surface area contributed by atoms with Gasteiger partial charge in [0.15, 0.2) is 0 Å². The van der Waals surface area contributed by atoms with Crippen LogP contribution in [0.3, 0.4) is 0 Å². The molecule has 3 atom stereocenters. The van der Waals surface area contributed by atoms with E-state index in [1.54, 1.807) is 0 Å². The van der Waals surface area contributed by atoms with E-state index in [1.807, 2.05) is 11.3 Å². The van der Waals surface area contributed by atoms with Crippen LogP contribution in [0, 0.1) is 11.8 Å². The molecule has 0 spiro atoms. The maximum absolute atomic E-state index is 3.76. The lowest BCUT2D eigenvalue weighted by Crippen LogP contribution is -2.35. The van der Waals surface area contributed by atoms with Crippen molar-refractivity contribution in [3.63, 3.8) is 0 Å². The lowest BCUT2D eigenvalue weighted by Gasteiger charge is -2.22. The average Bonchev–Trinajstić information content (AvgIpc) is 2.94. The SMILES string of the molecule is Brc1ccc(CCNC2CC3CCC2C3)s1. The van der Waals surface area contributed by atoms with Crippen LogP contribution in [0.1, 0.15) is 30.6 Å². The fourth-order valence-corrected chi connectivity index (χ4v) is 4.84. The fourth-order valence-electron chi connectivity index (χ4n) is 3.36. The summed E-state index contributed by atoms with van der Waals surface area (Å²) in [7, 11) is 0. The van der Waals surface area contributed by atoms with E-state index in [9.17, 15) is 0 Å². The zero-order valence-electron chi connectivity index (χ0n) is 9.42. The second-order valence-corrected chi connectivity index (χ2v) is 7.74. The molecule has 2 aliphatic rings. The van der Waals surface area contributed by atoms with Crippen LogP contribution in [-0.2, 0) is 6.42 Å². The molecule has 1 N–H and O–H groups in total. The van der Waals surface area contributed by atoms with Gasteiger partial charge in [-0.3, -0.25) is 0 Å². The molecule has 2 fully saturated rings. The largest absolute Gasteiger partial charge is 0.313 e. The van der Waals surface area contributed by atoms with Gasteiger partial charge in [-0.05, 0) is 65.6 Å². The van der Waals surface area contributed by atoms with Gasteiger partial charge in [-0.25, -0.2) is 0 Å². The molecule has 0 aliphatic heterocycles. The van der Waals surface area contributed by atoms with Gasteiger partial charge in [0, 0.05) is 17.5 Å². The van der Waals surface area contributed by atoms with Crippen LogP contribution in [0.5, 0.6) is 0 Å². The summed E-state index contributed by atoms with van der Waals surface area (Å²) in [5.41, 5.74) is 0. The topological polar surface area (TPSA) is 12.0 Å². The van der Waals surface area contributed by atoms with E-state index in [0.29, 0.717) is 0 Å². The summed E-state index contributed by atoms with van der Waals surface area (Å²) in [5.74, 6) is 2.05. The Morgan fingerprint density at radius 2 is 2.25 bits per heavy atom. The predicted octanol–water partition coefficient (Wildman–Crippen LogP) is 3.83. The van der Waals surface area contributed by atoms with Crippen LogP contribution in [0.25, 0.3) is 0 Å². The van der Waals surface area contributed by atoms with Crippen LogP contribution in [0.4, 0.5) is 0 Å². The van der Waals surface area contributed by atoms with Gasteiger partial charge >= 0.3 is 0 Å². The number of hydrogen-bond donors (Lipinski definition) is 1. The quantitative estimate of drug-likeness (QED) is 0.891. The van der Waals surface area contributed by atoms with Gasteiger partial charge in [-0.1, -0.05) is 6.42 Å². The van der Waals surface area contributed by atoms with Crippen LogP contribution < -0.4 is 5.32 Å². The molecule has 88 valence electrons. The Kier molecular flexibility index (Phi) is 3.37. The summed E-state index contributed by atoms with van der Waals surface area (Å²) < 4.78 is 1.25. The average molecular weight is 300 g/mol. The first-order chi connectivity index (χ1) is 7.81. The summed E-state index contributed by atoms with van der Waals surface area (Å²) in [5, 5.41) is 3.76. The van der Waals surface area contributed by atoms with Gasteiger partial charge in [-0.2, -0.15) is 0 Å². The normalized spacial score (nSPS) is 32.4. The van der Waals surface area contributed by atoms with Crippen molar-refractivity contribution in [3.8, 4) is 0 Å². The third kappa shape index (κ3) is 2.36.